The van der Waals surface area contributed by atoms with Crippen molar-refractivity contribution in [2.24, 2.45) is 0 Å². The Morgan fingerprint density at radius 3 is 2.45 bits per heavy atom. The van der Waals surface area contributed by atoms with Crippen LogP contribution in [-0.4, -0.2) is 5.91 Å². The summed E-state index contributed by atoms with van der Waals surface area (Å²) in [5.74, 6) is -6.02. The lowest BCUT2D eigenvalue weighted by atomic mass is 10.1. The van der Waals surface area contributed by atoms with Gasteiger partial charge >= 0.3 is 0 Å². The standard InChI is InChI=1S/C14H9F4NO/c15-9-3-1-2-8(6-9)7-19-14(20)10-4-5-11(16)13(18)12(10)17/h1-6H,7H2,(H,19,20). The maximum Gasteiger partial charge on any atom is 0.254 e. The van der Waals surface area contributed by atoms with Gasteiger partial charge in [0.1, 0.15) is 5.82 Å². The lowest BCUT2D eigenvalue weighted by Gasteiger charge is -2.07. The van der Waals surface area contributed by atoms with E-state index in [2.05, 4.69) is 5.32 Å². The van der Waals surface area contributed by atoms with Gasteiger partial charge in [0.15, 0.2) is 17.5 Å². The maximum atomic E-state index is 13.4. The summed E-state index contributed by atoms with van der Waals surface area (Å²) in [6, 6.07) is 6.95. The molecule has 104 valence electrons. The van der Waals surface area contributed by atoms with Gasteiger partial charge in [0.2, 0.25) is 0 Å². The van der Waals surface area contributed by atoms with Crippen molar-refractivity contribution in [2.45, 2.75) is 6.54 Å². The predicted octanol–water partition coefficient (Wildman–Crippen LogP) is 3.17. The molecule has 0 saturated carbocycles. The molecule has 0 aliphatic rings. The minimum atomic E-state index is -1.71. The predicted molar refractivity (Wildman–Crippen MR) is 63.9 cm³/mol. The van der Waals surface area contributed by atoms with E-state index in [4.69, 9.17) is 0 Å². The van der Waals surface area contributed by atoms with E-state index in [1.807, 2.05) is 0 Å². The highest BCUT2D eigenvalue weighted by atomic mass is 19.2. The highest BCUT2D eigenvalue weighted by Crippen LogP contribution is 2.15. The van der Waals surface area contributed by atoms with E-state index >= 15 is 0 Å². The minimum Gasteiger partial charge on any atom is -0.348 e. The van der Waals surface area contributed by atoms with Crippen LogP contribution in [0.25, 0.3) is 0 Å². The fourth-order valence-corrected chi connectivity index (χ4v) is 1.63. The Kier molecular flexibility index (Phi) is 4.02. The van der Waals surface area contributed by atoms with Crippen molar-refractivity contribution in [3.63, 3.8) is 0 Å². The van der Waals surface area contributed by atoms with Gasteiger partial charge in [0.25, 0.3) is 5.91 Å². The zero-order chi connectivity index (χ0) is 14.7. The van der Waals surface area contributed by atoms with Crippen LogP contribution < -0.4 is 5.32 Å². The second kappa shape index (κ2) is 5.73. The molecule has 0 aliphatic heterocycles. The number of benzene rings is 2. The molecule has 2 nitrogen and oxygen atoms in total. The molecular weight excluding hydrogens is 274 g/mol. The molecule has 0 atom stereocenters. The first-order valence-electron chi connectivity index (χ1n) is 5.65. The van der Waals surface area contributed by atoms with E-state index in [1.54, 1.807) is 6.07 Å². The van der Waals surface area contributed by atoms with Gasteiger partial charge in [-0.3, -0.25) is 4.79 Å². The molecule has 0 bridgehead atoms. The second-order valence-corrected chi connectivity index (χ2v) is 4.04. The van der Waals surface area contributed by atoms with E-state index in [9.17, 15) is 22.4 Å². The number of halogens is 4. The Bertz CT molecular complexity index is 658. The van der Waals surface area contributed by atoms with Crippen LogP contribution in [0, 0.1) is 23.3 Å². The molecule has 2 rings (SSSR count). The molecule has 2 aromatic carbocycles. The van der Waals surface area contributed by atoms with Crippen LogP contribution in [0.15, 0.2) is 36.4 Å². The quantitative estimate of drug-likeness (QED) is 0.680. The van der Waals surface area contributed by atoms with Crippen molar-refractivity contribution < 1.29 is 22.4 Å². The van der Waals surface area contributed by atoms with Gasteiger partial charge in [0.05, 0.1) is 5.56 Å². The van der Waals surface area contributed by atoms with E-state index in [0.29, 0.717) is 11.6 Å². The molecule has 20 heavy (non-hydrogen) atoms. The third-order valence-corrected chi connectivity index (χ3v) is 2.62. The van der Waals surface area contributed by atoms with E-state index in [1.165, 1.54) is 18.2 Å². The molecular formula is C14H9F4NO. The van der Waals surface area contributed by atoms with Gasteiger partial charge in [-0.25, -0.2) is 17.6 Å². The smallest absolute Gasteiger partial charge is 0.254 e. The minimum absolute atomic E-state index is 0.0605. The lowest BCUT2D eigenvalue weighted by molar-refractivity contribution is 0.0945. The van der Waals surface area contributed by atoms with E-state index in [-0.39, 0.29) is 6.54 Å². The Labute approximate surface area is 112 Å². The van der Waals surface area contributed by atoms with Gasteiger partial charge in [-0.2, -0.15) is 0 Å². The molecule has 0 aromatic heterocycles. The summed E-state index contributed by atoms with van der Waals surface area (Å²) in [5.41, 5.74) is -0.151. The number of rotatable bonds is 3. The molecule has 0 aliphatic carbocycles. The highest BCUT2D eigenvalue weighted by molar-refractivity contribution is 5.94. The first-order valence-corrected chi connectivity index (χ1v) is 5.65. The van der Waals surface area contributed by atoms with Crippen LogP contribution in [0.2, 0.25) is 0 Å². The SMILES string of the molecule is O=C(NCc1cccc(F)c1)c1ccc(F)c(F)c1F. The normalized spacial score (nSPS) is 10.4. The van der Waals surface area contributed by atoms with Crippen molar-refractivity contribution in [3.05, 3.63) is 70.8 Å². The Morgan fingerprint density at radius 2 is 1.75 bits per heavy atom. The summed E-state index contributed by atoms with van der Waals surface area (Å²) in [4.78, 5) is 11.7. The summed E-state index contributed by atoms with van der Waals surface area (Å²) in [5, 5.41) is 2.30. The van der Waals surface area contributed by atoms with Gasteiger partial charge in [0, 0.05) is 6.54 Å². The number of carbonyl (C=O) groups is 1. The molecule has 0 fully saturated rings. The molecule has 0 spiro atoms. The van der Waals surface area contributed by atoms with Crippen LogP contribution in [0.4, 0.5) is 17.6 Å². The van der Waals surface area contributed by atoms with E-state index < -0.39 is 34.7 Å². The van der Waals surface area contributed by atoms with Crippen LogP contribution >= 0.6 is 0 Å². The van der Waals surface area contributed by atoms with Crippen molar-refractivity contribution in [1.29, 1.82) is 0 Å². The van der Waals surface area contributed by atoms with Gasteiger partial charge < -0.3 is 5.32 Å². The monoisotopic (exact) mass is 283 g/mol. The van der Waals surface area contributed by atoms with Crippen molar-refractivity contribution in [3.8, 4) is 0 Å². The summed E-state index contributed by atoms with van der Waals surface area (Å²) in [6.45, 7) is -0.0605. The summed E-state index contributed by atoms with van der Waals surface area (Å²) in [6.07, 6.45) is 0. The van der Waals surface area contributed by atoms with Crippen LogP contribution in [0.5, 0.6) is 0 Å². The third kappa shape index (κ3) is 2.96. The number of nitrogens with one attached hydrogen (secondary N) is 1. The van der Waals surface area contributed by atoms with Crippen LogP contribution in [0.3, 0.4) is 0 Å². The molecule has 1 N–H and O–H groups in total. The number of hydrogen-bond donors (Lipinski definition) is 1. The number of hydrogen-bond acceptors (Lipinski definition) is 1. The summed E-state index contributed by atoms with van der Waals surface area (Å²) >= 11 is 0. The van der Waals surface area contributed by atoms with Gasteiger partial charge in [-0.05, 0) is 29.8 Å². The molecule has 0 heterocycles. The summed E-state index contributed by atoms with van der Waals surface area (Å²) < 4.78 is 52.0. The summed E-state index contributed by atoms with van der Waals surface area (Å²) in [7, 11) is 0. The first-order chi connectivity index (χ1) is 9.49. The topological polar surface area (TPSA) is 29.1 Å². The van der Waals surface area contributed by atoms with Crippen molar-refractivity contribution in [2.75, 3.05) is 0 Å². The Morgan fingerprint density at radius 1 is 1.00 bits per heavy atom. The molecule has 0 saturated heterocycles. The highest BCUT2D eigenvalue weighted by Gasteiger charge is 2.18. The lowest BCUT2D eigenvalue weighted by Crippen LogP contribution is -2.24. The fourth-order valence-electron chi connectivity index (χ4n) is 1.63. The third-order valence-electron chi connectivity index (χ3n) is 2.62. The van der Waals surface area contributed by atoms with Gasteiger partial charge in [-0.1, -0.05) is 12.1 Å². The largest absolute Gasteiger partial charge is 0.348 e. The number of amides is 1. The molecule has 2 aromatic rings. The molecule has 6 heteroatoms. The molecule has 1 amide bonds. The maximum absolute atomic E-state index is 13.4. The van der Waals surface area contributed by atoms with E-state index in [0.717, 1.165) is 6.07 Å². The zero-order valence-electron chi connectivity index (χ0n) is 10.1. The molecule has 0 unspecified atom stereocenters. The zero-order valence-corrected chi connectivity index (χ0v) is 10.1. The van der Waals surface area contributed by atoms with Crippen molar-refractivity contribution in [1.82, 2.24) is 5.32 Å². The number of carbonyl (C=O) groups excluding carboxylic acids is 1. The average Bonchev–Trinajstić information content (AvgIpc) is 2.42. The molecule has 0 radical (unpaired) electrons. The van der Waals surface area contributed by atoms with Crippen LogP contribution in [0.1, 0.15) is 15.9 Å². The van der Waals surface area contributed by atoms with Gasteiger partial charge in [-0.15, -0.1) is 0 Å². The Hall–Kier alpha value is -2.37. The first kappa shape index (κ1) is 14.0. The fraction of sp³-hybridized carbons (Fsp3) is 0.0714. The Balaban J connectivity index is 2.11. The average molecular weight is 283 g/mol. The van der Waals surface area contributed by atoms with Crippen molar-refractivity contribution >= 4 is 5.91 Å². The van der Waals surface area contributed by atoms with Crippen LogP contribution in [-0.2, 0) is 6.54 Å². The second-order valence-electron chi connectivity index (χ2n) is 4.04.